The number of hydrogen-bond acceptors (Lipinski definition) is 4. The summed E-state index contributed by atoms with van der Waals surface area (Å²) >= 11 is 0. The first-order valence-corrected chi connectivity index (χ1v) is 11.3. The Bertz CT molecular complexity index is 1280. The molecule has 6 nitrogen and oxygen atoms in total. The summed E-state index contributed by atoms with van der Waals surface area (Å²) in [5.74, 6) is -1.94. The van der Waals surface area contributed by atoms with Crippen molar-refractivity contribution in [3.8, 4) is 0 Å². The molecule has 0 bridgehead atoms. The molecule has 34 heavy (non-hydrogen) atoms. The Morgan fingerprint density at radius 3 is 2.38 bits per heavy atom. The lowest BCUT2D eigenvalue weighted by atomic mass is 9.95. The molecule has 1 aliphatic rings. The van der Waals surface area contributed by atoms with Crippen LogP contribution in [-0.2, 0) is 16.0 Å². The van der Waals surface area contributed by atoms with Gasteiger partial charge >= 0.3 is 11.9 Å². The van der Waals surface area contributed by atoms with E-state index in [1.165, 1.54) is 28.2 Å². The summed E-state index contributed by atoms with van der Waals surface area (Å²) in [4.78, 5) is 26.8. The Morgan fingerprint density at radius 2 is 1.71 bits per heavy atom. The van der Waals surface area contributed by atoms with E-state index in [0.717, 1.165) is 30.6 Å². The van der Waals surface area contributed by atoms with Gasteiger partial charge in [0, 0.05) is 17.9 Å². The molecule has 3 aromatic rings. The van der Waals surface area contributed by atoms with E-state index in [-0.39, 0.29) is 5.57 Å². The average molecular weight is 455 g/mol. The van der Waals surface area contributed by atoms with Gasteiger partial charge in [0.15, 0.2) is 5.71 Å². The lowest BCUT2D eigenvalue weighted by molar-refractivity contribution is -0.478. The number of rotatable bonds is 6. The van der Waals surface area contributed by atoms with Crippen LogP contribution in [0.15, 0.2) is 72.3 Å². The van der Waals surface area contributed by atoms with E-state index in [9.17, 15) is 14.7 Å². The van der Waals surface area contributed by atoms with Crippen LogP contribution >= 0.6 is 0 Å². The SMILES string of the molecule is Cc1cccc(C)c1N1CCCc2cc(/C=C(/C(=N)C(=O)O)C(=O)[NH2+]c3ccccc3)ccc21. The summed E-state index contributed by atoms with van der Waals surface area (Å²) in [6.07, 6.45) is 3.40. The number of carbonyl (C=O) groups is 2. The fourth-order valence-corrected chi connectivity index (χ4v) is 4.50. The van der Waals surface area contributed by atoms with E-state index >= 15 is 0 Å². The van der Waals surface area contributed by atoms with Gasteiger partial charge in [-0.3, -0.25) is 5.41 Å². The second-order valence-electron chi connectivity index (χ2n) is 8.54. The van der Waals surface area contributed by atoms with Crippen molar-refractivity contribution in [3.05, 3.63) is 94.6 Å². The van der Waals surface area contributed by atoms with Gasteiger partial charge in [0.05, 0.1) is 0 Å². The van der Waals surface area contributed by atoms with Gasteiger partial charge in [-0.2, -0.15) is 0 Å². The summed E-state index contributed by atoms with van der Waals surface area (Å²) in [5, 5.41) is 18.8. The van der Waals surface area contributed by atoms with Crippen molar-refractivity contribution in [2.24, 2.45) is 0 Å². The molecule has 0 atom stereocenters. The Morgan fingerprint density at radius 1 is 1.00 bits per heavy atom. The highest BCUT2D eigenvalue weighted by atomic mass is 16.4. The number of para-hydroxylation sites is 2. The van der Waals surface area contributed by atoms with E-state index in [1.54, 1.807) is 24.3 Å². The fourth-order valence-electron chi connectivity index (χ4n) is 4.50. The largest absolute Gasteiger partial charge is 0.477 e. The first kappa shape index (κ1) is 23.1. The van der Waals surface area contributed by atoms with Crippen molar-refractivity contribution in [2.45, 2.75) is 26.7 Å². The van der Waals surface area contributed by atoms with Crippen LogP contribution in [0.5, 0.6) is 0 Å². The Labute approximate surface area is 199 Å². The van der Waals surface area contributed by atoms with Gasteiger partial charge in [-0.1, -0.05) is 42.5 Å². The van der Waals surface area contributed by atoms with Crippen LogP contribution in [0.25, 0.3) is 6.08 Å². The molecule has 1 aliphatic heterocycles. The third-order valence-corrected chi connectivity index (χ3v) is 6.09. The van der Waals surface area contributed by atoms with Crippen molar-refractivity contribution >= 4 is 40.7 Å². The Hall–Kier alpha value is -4.03. The first-order chi connectivity index (χ1) is 16.3. The van der Waals surface area contributed by atoms with E-state index in [4.69, 9.17) is 5.41 Å². The third-order valence-electron chi connectivity index (χ3n) is 6.09. The van der Waals surface area contributed by atoms with Gasteiger partial charge in [-0.25, -0.2) is 14.9 Å². The molecule has 4 N–H and O–H groups in total. The highest BCUT2D eigenvalue weighted by Gasteiger charge is 2.25. The number of amides is 1. The van der Waals surface area contributed by atoms with Crippen LogP contribution < -0.4 is 10.2 Å². The van der Waals surface area contributed by atoms with Crippen molar-refractivity contribution in [2.75, 3.05) is 11.4 Å². The molecule has 0 aromatic heterocycles. The smallest absolute Gasteiger partial charge is 0.354 e. The summed E-state index contributed by atoms with van der Waals surface area (Å²) < 4.78 is 0. The highest BCUT2D eigenvalue weighted by Crippen LogP contribution is 2.37. The van der Waals surface area contributed by atoms with Gasteiger partial charge in [0.25, 0.3) is 0 Å². The zero-order chi connectivity index (χ0) is 24.2. The number of aliphatic carboxylic acids is 1. The van der Waals surface area contributed by atoms with Crippen LogP contribution in [0.4, 0.5) is 17.1 Å². The number of nitrogens with one attached hydrogen (secondary N) is 1. The maximum absolute atomic E-state index is 12.9. The Kier molecular flexibility index (Phi) is 6.70. The molecule has 0 aliphatic carbocycles. The molecule has 0 fully saturated rings. The number of primary amides is 1. The summed E-state index contributed by atoms with van der Waals surface area (Å²) in [6, 6.07) is 21.2. The standard InChI is InChI=1S/C28H27N3O3/c1-18-8-6-9-19(2)26(18)31-15-7-10-21-16-20(13-14-24(21)31)17-23(25(29)28(33)34)27(32)30-22-11-4-3-5-12-22/h3-6,8-9,11-14,16-17,29H,7,10,15H2,1-2H3,(H,30,32)(H,33,34)/p+1/b23-17-,29-25?. The van der Waals surface area contributed by atoms with Crippen molar-refractivity contribution < 1.29 is 20.0 Å². The molecule has 6 heteroatoms. The van der Waals surface area contributed by atoms with Gasteiger partial charge in [-0.15, -0.1) is 0 Å². The summed E-state index contributed by atoms with van der Waals surface area (Å²) in [5.41, 5.74) is 6.43. The predicted octanol–water partition coefficient (Wildman–Crippen LogP) is 4.30. The zero-order valence-electron chi connectivity index (χ0n) is 19.3. The van der Waals surface area contributed by atoms with Gasteiger partial charge < -0.3 is 10.0 Å². The van der Waals surface area contributed by atoms with Gasteiger partial charge in [-0.05, 0) is 79.3 Å². The lowest BCUT2D eigenvalue weighted by Gasteiger charge is -2.34. The predicted molar refractivity (Wildman–Crippen MR) is 134 cm³/mol. The summed E-state index contributed by atoms with van der Waals surface area (Å²) in [7, 11) is 0. The topological polar surface area (TPSA) is 98.1 Å². The van der Waals surface area contributed by atoms with E-state index in [0.29, 0.717) is 11.3 Å². The quantitative estimate of drug-likeness (QED) is 0.294. The second-order valence-corrected chi connectivity index (χ2v) is 8.54. The molecule has 1 amide bonds. The van der Waals surface area contributed by atoms with Crippen LogP contribution in [-0.4, -0.2) is 29.2 Å². The van der Waals surface area contributed by atoms with Crippen molar-refractivity contribution in [3.63, 3.8) is 0 Å². The number of benzene rings is 3. The monoisotopic (exact) mass is 454 g/mol. The second kappa shape index (κ2) is 9.85. The maximum atomic E-state index is 12.9. The molecule has 172 valence electrons. The molecule has 4 rings (SSSR count). The first-order valence-electron chi connectivity index (χ1n) is 11.3. The molecular weight excluding hydrogens is 426 g/mol. The number of fused-ring (bicyclic) bond motifs is 1. The molecule has 0 saturated carbocycles. The molecule has 3 aromatic carbocycles. The lowest BCUT2D eigenvalue weighted by Crippen LogP contribution is -2.83. The van der Waals surface area contributed by atoms with Crippen LogP contribution in [0.2, 0.25) is 0 Å². The number of carboxylic acid groups (broad SMARTS) is 1. The molecule has 0 spiro atoms. The molecule has 0 radical (unpaired) electrons. The number of quaternary nitrogens is 1. The van der Waals surface area contributed by atoms with Gasteiger partial charge in [0.1, 0.15) is 11.3 Å². The minimum absolute atomic E-state index is 0.140. The average Bonchev–Trinajstić information content (AvgIpc) is 2.82. The number of nitrogens with zero attached hydrogens (tertiary/aromatic N) is 1. The minimum Gasteiger partial charge on any atom is -0.477 e. The number of carbonyl (C=O) groups excluding carboxylic acids is 1. The zero-order valence-corrected chi connectivity index (χ0v) is 19.3. The summed E-state index contributed by atoms with van der Waals surface area (Å²) in [6.45, 7) is 5.16. The molecule has 0 unspecified atom stereocenters. The van der Waals surface area contributed by atoms with Crippen molar-refractivity contribution in [1.29, 1.82) is 5.41 Å². The number of nitrogens with two attached hydrogens (primary N) is 1. The fraction of sp³-hybridized carbons (Fsp3) is 0.179. The Balaban J connectivity index is 1.70. The molecular formula is C28H28N3O3+. The third kappa shape index (κ3) is 4.82. The minimum atomic E-state index is -1.43. The van der Waals surface area contributed by atoms with Crippen molar-refractivity contribution in [1.82, 2.24) is 0 Å². The highest BCUT2D eigenvalue weighted by molar-refractivity contribution is 6.48. The van der Waals surface area contributed by atoms with Crippen LogP contribution in [0.1, 0.15) is 28.7 Å². The normalized spacial score (nSPS) is 13.4. The molecule has 0 saturated heterocycles. The maximum Gasteiger partial charge on any atom is 0.354 e. The number of hydrogen-bond donors (Lipinski definition) is 3. The van der Waals surface area contributed by atoms with E-state index < -0.39 is 17.6 Å². The van der Waals surface area contributed by atoms with Crippen LogP contribution in [0.3, 0.4) is 0 Å². The number of aryl methyl sites for hydroxylation is 3. The van der Waals surface area contributed by atoms with Crippen LogP contribution in [0, 0.1) is 19.3 Å². The van der Waals surface area contributed by atoms with E-state index in [2.05, 4.69) is 36.9 Å². The molecule has 1 heterocycles. The number of anilines is 2. The number of carboxylic acids is 1. The van der Waals surface area contributed by atoms with E-state index in [1.807, 2.05) is 24.3 Å². The van der Waals surface area contributed by atoms with Gasteiger partial charge in [0.2, 0.25) is 0 Å².